The van der Waals surface area contributed by atoms with Gasteiger partial charge in [-0.1, -0.05) is 12.1 Å². The topological polar surface area (TPSA) is 67.4 Å². The van der Waals surface area contributed by atoms with Crippen molar-refractivity contribution in [2.24, 2.45) is 4.99 Å². The van der Waals surface area contributed by atoms with E-state index in [-0.39, 0.29) is 11.9 Å². The highest BCUT2D eigenvalue weighted by molar-refractivity contribution is 5.79. The highest BCUT2D eigenvalue weighted by atomic mass is 19.1. The van der Waals surface area contributed by atoms with Crippen molar-refractivity contribution in [3.05, 3.63) is 35.6 Å². The average Bonchev–Trinajstić information content (AvgIpc) is 2.72. The maximum absolute atomic E-state index is 13.8. The van der Waals surface area contributed by atoms with Gasteiger partial charge < -0.3 is 24.8 Å². The molecule has 1 aliphatic heterocycles. The quantitative estimate of drug-likeness (QED) is 0.335. The third-order valence-corrected chi connectivity index (χ3v) is 4.60. The molecular formula is C20H33FN4O3. The van der Waals surface area contributed by atoms with Gasteiger partial charge in [-0.2, -0.15) is 0 Å². The van der Waals surface area contributed by atoms with E-state index in [2.05, 4.69) is 20.5 Å². The lowest BCUT2D eigenvalue weighted by atomic mass is 10.0. The first-order chi connectivity index (χ1) is 13.7. The van der Waals surface area contributed by atoms with E-state index in [0.717, 1.165) is 37.6 Å². The first-order valence-corrected chi connectivity index (χ1v) is 9.83. The first-order valence-electron chi connectivity index (χ1n) is 9.83. The van der Waals surface area contributed by atoms with Crippen LogP contribution in [0.2, 0.25) is 0 Å². The summed E-state index contributed by atoms with van der Waals surface area (Å²) in [5.74, 6) is 0.512. The molecule has 0 bridgehead atoms. The van der Waals surface area contributed by atoms with Crippen LogP contribution in [-0.2, 0) is 14.2 Å². The van der Waals surface area contributed by atoms with Gasteiger partial charge in [-0.05, 0) is 24.1 Å². The molecule has 158 valence electrons. The van der Waals surface area contributed by atoms with Crippen molar-refractivity contribution >= 4 is 5.96 Å². The third kappa shape index (κ3) is 8.10. The molecule has 2 rings (SSSR count). The van der Waals surface area contributed by atoms with Crippen LogP contribution in [0.5, 0.6) is 0 Å². The summed E-state index contributed by atoms with van der Waals surface area (Å²) in [4.78, 5) is 6.60. The second kappa shape index (κ2) is 13.4. The summed E-state index contributed by atoms with van der Waals surface area (Å²) in [7, 11) is 3.41. The molecule has 7 nitrogen and oxygen atoms in total. The Bertz CT molecular complexity index is 582. The molecule has 28 heavy (non-hydrogen) atoms. The van der Waals surface area contributed by atoms with Crippen LogP contribution < -0.4 is 10.6 Å². The van der Waals surface area contributed by atoms with Gasteiger partial charge in [0, 0.05) is 46.9 Å². The summed E-state index contributed by atoms with van der Waals surface area (Å²) in [5, 5.41) is 6.66. The number of nitrogens with zero attached hydrogens (tertiary/aromatic N) is 2. The van der Waals surface area contributed by atoms with Crippen molar-refractivity contribution in [2.45, 2.75) is 12.5 Å². The zero-order valence-electron chi connectivity index (χ0n) is 17.0. The molecule has 1 atom stereocenters. The van der Waals surface area contributed by atoms with Crippen LogP contribution in [0.4, 0.5) is 4.39 Å². The largest absolute Gasteiger partial charge is 0.382 e. The number of hydrogen-bond donors (Lipinski definition) is 2. The Morgan fingerprint density at radius 3 is 2.79 bits per heavy atom. The predicted molar refractivity (Wildman–Crippen MR) is 108 cm³/mol. The van der Waals surface area contributed by atoms with Crippen LogP contribution in [0.15, 0.2) is 29.3 Å². The van der Waals surface area contributed by atoms with E-state index in [1.165, 1.54) is 6.07 Å². The van der Waals surface area contributed by atoms with Gasteiger partial charge in [0.1, 0.15) is 5.82 Å². The van der Waals surface area contributed by atoms with Gasteiger partial charge >= 0.3 is 0 Å². The molecule has 1 aromatic rings. The summed E-state index contributed by atoms with van der Waals surface area (Å²) in [6, 6.07) is 6.86. The fourth-order valence-corrected chi connectivity index (χ4v) is 3.10. The van der Waals surface area contributed by atoms with Crippen molar-refractivity contribution in [3.8, 4) is 0 Å². The fraction of sp³-hybridized carbons (Fsp3) is 0.650. The van der Waals surface area contributed by atoms with Crippen LogP contribution in [0.1, 0.15) is 18.0 Å². The highest BCUT2D eigenvalue weighted by Gasteiger charge is 2.23. The predicted octanol–water partition coefficient (Wildman–Crippen LogP) is 1.42. The van der Waals surface area contributed by atoms with Crippen molar-refractivity contribution < 1.29 is 18.6 Å². The molecule has 1 aromatic carbocycles. The summed E-state index contributed by atoms with van der Waals surface area (Å²) in [6.45, 7) is 6.33. The van der Waals surface area contributed by atoms with E-state index in [4.69, 9.17) is 14.2 Å². The van der Waals surface area contributed by atoms with Gasteiger partial charge in [0.2, 0.25) is 0 Å². The summed E-state index contributed by atoms with van der Waals surface area (Å²) in [6.07, 6.45) is 0.876. The standard InChI is InChI=1S/C20H33FN4O3/c1-22-20(23-7-4-10-27-14-13-26-2)24-16-19(25-8-11-28-12-9-25)17-5-3-6-18(21)15-17/h3,5-6,15,19H,4,7-14,16H2,1-2H3,(H2,22,23,24). The molecular weight excluding hydrogens is 363 g/mol. The lowest BCUT2D eigenvalue weighted by molar-refractivity contribution is 0.0169. The number of morpholine rings is 1. The number of rotatable bonds is 11. The number of hydrogen-bond acceptors (Lipinski definition) is 5. The van der Waals surface area contributed by atoms with Crippen LogP contribution >= 0.6 is 0 Å². The number of benzene rings is 1. The van der Waals surface area contributed by atoms with E-state index in [0.29, 0.717) is 39.6 Å². The van der Waals surface area contributed by atoms with Gasteiger partial charge in [-0.15, -0.1) is 0 Å². The van der Waals surface area contributed by atoms with Gasteiger partial charge in [0.15, 0.2) is 5.96 Å². The molecule has 1 fully saturated rings. The van der Waals surface area contributed by atoms with Crippen molar-refractivity contribution in [2.75, 3.05) is 73.4 Å². The smallest absolute Gasteiger partial charge is 0.191 e. The molecule has 0 spiro atoms. The SMILES string of the molecule is CN=C(NCCCOCCOC)NCC(c1cccc(F)c1)N1CCOCC1. The Morgan fingerprint density at radius 2 is 2.07 bits per heavy atom. The molecule has 1 unspecified atom stereocenters. The van der Waals surface area contributed by atoms with Crippen molar-refractivity contribution in [1.29, 1.82) is 0 Å². The molecule has 0 aliphatic carbocycles. The van der Waals surface area contributed by atoms with E-state index >= 15 is 0 Å². The van der Waals surface area contributed by atoms with E-state index in [1.807, 2.05) is 6.07 Å². The van der Waals surface area contributed by atoms with E-state index in [9.17, 15) is 4.39 Å². The summed E-state index contributed by atoms with van der Waals surface area (Å²) in [5.41, 5.74) is 0.955. The van der Waals surface area contributed by atoms with Gasteiger partial charge in [-0.25, -0.2) is 4.39 Å². The van der Waals surface area contributed by atoms with Crippen molar-refractivity contribution in [3.63, 3.8) is 0 Å². The number of halogens is 1. The summed E-state index contributed by atoms with van der Waals surface area (Å²) < 4.78 is 29.6. The second-order valence-corrected chi connectivity index (χ2v) is 6.56. The molecule has 1 aliphatic rings. The monoisotopic (exact) mass is 396 g/mol. The minimum absolute atomic E-state index is 0.0514. The number of guanidine groups is 1. The number of nitrogens with one attached hydrogen (secondary N) is 2. The maximum Gasteiger partial charge on any atom is 0.191 e. The zero-order valence-corrected chi connectivity index (χ0v) is 17.0. The Kier molecular flexibility index (Phi) is 10.8. The van der Waals surface area contributed by atoms with E-state index < -0.39 is 0 Å². The van der Waals surface area contributed by atoms with Crippen LogP contribution in [-0.4, -0.2) is 84.2 Å². The number of aliphatic imine (C=N–C) groups is 1. The Hall–Kier alpha value is -1.74. The Labute approximate surface area is 167 Å². The lowest BCUT2D eigenvalue weighted by Gasteiger charge is -2.35. The molecule has 0 saturated carbocycles. The number of ether oxygens (including phenoxy) is 3. The van der Waals surface area contributed by atoms with Crippen molar-refractivity contribution in [1.82, 2.24) is 15.5 Å². The highest BCUT2D eigenvalue weighted by Crippen LogP contribution is 2.22. The van der Waals surface area contributed by atoms with Crippen LogP contribution in [0.25, 0.3) is 0 Å². The molecule has 1 heterocycles. The minimum Gasteiger partial charge on any atom is -0.382 e. The summed E-state index contributed by atoms with van der Waals surface area (Å²) >= 11 is 0. The van der Waals surface area contributed by atoms with Crippen LogP contribution in [0.3, 0.4) is 0 Å². The maximum atomic E-state index is 13.8. The zero-order chi connectivity index (χ0) is 20.0. The Balaban J connectivity index is 1.83. The van der Waals surface area contributed by atoms with Gasteiger partial charge in [0.25, 0.3) is 0 Å². The molecule has 0 aromatic heterocycles. The Morgan fingerprint density at radius 1 is 1.25 bits per heavy atom. The fourth-order valence-electron chi connectivity index (χ4n) is 3.10. The third-order valence-electron chi connectivity index (χ3n) is 4.60. The minimum atomic E-state index is -0.216. The molecule has 1 saturated heterocycles. The average molecular weight is 397 g/mol. The normalized spacial score (nSPS) is 16.8. The van der Waals surface area contributed by atoms with E-state index in [1.54, 1.807) is 26.3 Å². The molecule has 0 amide bonds. The molecule has 2 N–H and O–H groups in total. The van der Waals surface area contributed by atoms with Crippen LogP contribution in [0, 0.1) is 5.82 Å². The molecule has 0 radical (unpaired) electrons. The second-order valence-electron chi connectivity index (χ2n) is 6.56. The lowest BCUT2D eigenvalue weighted by Crippen LogP contribution is -2.46. The van der Waals surface area contributed by atoms with Gasteiger partial charge in [-0.3, -0.25) is 9.89 Å². The molecule has 8 heteroatoms. The first kappa shape index (κ1) is 22.5. The van der Waals surface area contributed by atoms with Gasteiger partial charge in [0.05, 0.1) is 32.5 Å². The number of methoxy groups -OCH3 is 1.